The molecule has 1 N–H and O–H groups in total. The summed E-state index contributed by atoms with van der Waals surface area (Å²) in [5.41, 5.74) is 0. The van der Waals surface area contributed by atoms with E-state index in [4.69, 9.17) is 57.2 Å². The highest BCUT2D eigenvalue weighted by Crippen LogP contribution is 2.14. The summed E-state index contributed by atoms with van der Waals surface area (Å²) in [4.78, 5) is 33.9. The Morgan fingerprint density at radius 1 is 0.449 bits per heavy atom. The van der Waals surface area contributed by atoms with E-state index in [-0.39, 0.29) is 50.5 Å². The largest absolute Gasteiger partial charge is 0.481 e. The van der Waals surface area contributed by atoms with Gasteiger partial charge in [0.2, 0.25) is 0 Å². The van der Waals surface area contributed by atoms with Crippen LogP contribution in [0.1, 0.15) is 65.2 Å². The Bertz CT molecular complexity index is 740. The molecule has 290 valence electrons. The Kier molecular flexibility index (Phi) is 37.3. The van der Waals surface area contributed by atoms with E-state index in [9.17, 15) is 14.4 Å². The van der Waals surface area contributed by atoms with Gasteiger partial charge < -0.3 is 57.2 Å². The number of carboxylic acids is 1. The fraction of sp³-hybridized carbons (Fsp3) is 0.912. The Balaban J connectivity index is 3.18. The number of rotatable bonds is 40. The third-order valence-corrected chi connectivity index (χ3v) is 6.69. The first-order valence-electron chi connectivity index (χ1n) is 17.7. The summed E-state index contributed by atoms with van der Waals surface area (Å²) in [7, 11) is 0. The third-order valence-electron chi connectivity index (χ3n) is 6.69. The van der Waals surface area contributed by atoms with E-state index in [0.717, 1.165) is 25.7 Å². The van der Waals surface area contributed by atoms with Crippen molar-refractivity contribution < 1.29 is 71.6 Å². The van der Waals surface area contributed by atoms with Crippen LogP contribution in [0.15, 0.2) is 0 Å². The fourth-order valence-corrected chi connectivity index (χ4v) is 3.95. The molecule has 0 radical (unpaired) electrons. The molecule has 0 fully saturated rings. The summed E-state index contributed by atoms with van der Waals surface area (Å²) in [5, 5.41) is 8.55. The molecule has 15 nitrogen and oxygen atoms in total. The van der Waals surface area contributed by atoms with Crippen molar-refractivity contribution >= 4 is 17.9 Å². The number of hydrogen-bond donors (Lipinski definition) is 1. The molecule has 0 aliphatic rings. The summed E-state index contributed by atoms with van der Waals surface area (Å²) in [6.45, 7) is 12.5. The summed E-state index contributed by atoms with van der Waals surface area (Å²) < 4.78 is 59.2. The van der Waals surface area contributed by atoms with Gasteiger partial charge in [-0.25, -0.2) is 0 Å². The number of carboxylic acid groups (broad SMARTS) is 1. The van der Waals surface area contributed by atoms with Crippen LogP contribution in [0.3, 0.4) is 0 Å². The van der Waals surface area contributed by atoms with Crippen molar-refractivity contribution in [3.8, 4) is 0 Å². The van der Waals surface area contributed by atoms with E-state index in [1.807, 2.05) is 6.92 Å². The van der Waals surface area contributed by atoms with Crippen LogP contribution in [0, 0.1) is 5.92 Å². The summed E-state index contributed by atoms with van der Waals surface area (Å²) in [6.07, 6.45) is 5.03. The molecule has 1 unspecified atom stereocenters. The van der Waals surface area contributed by atoms with Crippen LogP contribution < -0.4 is 0 Å². The Morgan fingerprint density at radius 2 is 0.776 bits per heavy atom. The highest BCUT2D eigenvalue weighted by atomic mass is 16.6. The Morgan fingerprint density at radius 3 is 1.10 bits per heavy atom. The first kappa shape index (κ1) is 47.0. The number of ether oxygens (including phenoxy) is 11. The molecule has 0 spiro atoms. The summed E-state index contributed by atoms with van der Waals surface area (Å²) >= 11 is 0. The minimum Gasteiger partial charge on any atom is -0.481 e. The SMILES string of the molecule is CCCCC(CC)C(=O)OCCOCCOCCOCCOCCOCCOCCOCCOCCOCCOC(=O)CCCCC(=O)O. The van der Waals surface area contributed by atoms with Crippen molar-refractivity contribution in [2.75, 3.05) is 132 Å². The van der Waals surface area contributed by atoms with Gasteiger partial charge in [-0.05, 0) is 25.7 Å². The van der Waals surface area contributed by atoms with E-state index in [1.54, 1.807) is 0 Å². The van der Waals surface area contributed by atoms with Gasteiger partial charge in [0.1, 0.15) is 13.2 Å². The molecular formula is C34H64O15. The van der Waals surface area contributed by atoms with Gasteiger partial charge in [0.25, 0.3) is 0 Å². The zero-order chi connectivity index (χ0) is 35.9. The maximum Gasteiger partial charge on any atom is 0.308 e. The average molecular weight is 713 g/mol. The lowest BCUT2D eigenvalue weighted by Gasteiger charge is -2.13. The lowest BCUT2D eigenvalue weighted by molar-refractivity contribution is -0.150. The molecule has 0 amide bonds. The molecule has 0 aromatic heterocycles. The smallest absolute Gasteiger partial charge is 0.308 e. The van der Waals surface area contributed by atoms with Crippen molar-refractivity contribution in [1.29, 1.82) is 0 Å². The van der Waals surface area contributed by atoms with Crippen molar-refractivity contribution in [2.24, 2.45) is 5.92 Å². The molecule has 0 aliphatic carbocycles. The maximum absolute atomic E-state index is 12.0. The van der Waals surface area contributed by atoms with Crippen molar-refractivity contribution in [1.82, 2.24) is 0 Å². The second-order valence-electron chi connectivity index (χ2n) is 10.7. The quantitative estimate of drug-likeness (QED) is 0.0725. The monoisotopic (exact) mass is 712 g/mol. The van der Waals surface area contributed by atoms with Crippen LogP contribution in [0.25, 0.3) is 0 Å². The number of esters is 2. The minimum atomic E-state index is -0.865. The van der Waals surface area contributed by atoms with E-state index in [2.05, 4.69) is 6.92 Å². The van der Waals surface area contributed by atoms with E-state index >= 15 is 0 Å². The van der Waals surface area contributed by atoms with Crippen LogP contribution in [0.4, 0.5) is 0 Å². The van der Waals surface area contributed by atoms with Gasteiger partial charge in [-0.3, -0.25) is 14.4 Å². The maximum atomic E-state index is 12.0. The Hall–Kier alpha value is -1.95. The molecule has 0 saturated carbocycles. The lowest BCUT2D eigenvalue weighted by Crippen LogP contribution is -2.20. The number of carbonyl (C=O) groups is 3. The molecule has 0 rings (SSSR count). The van der Waals surface area contributed by atoms with Gasteiger partial charge in [-0.2, -0.15) is 0 Å². The highest BCUT2D eigenvalue weighted by Gasteiger charge is 2.17. The molecule has 0 saturated heterocycles. The molecule has 1 atom stereocenters. The van der Waals surface area contributed by atoms with Gasteiger partial charge in [-0.15, -0.1) is 0 Å². The molecule has 0 bridgehead atoms. The lowest BCUT2D eigenvalue weighted by atomic mass is 10.00. The molecular weight excluding hydrogens is 648 g/mol. The molecule has 0 aliphatic heterocycles. The first-order valence-corrected chi connectivity index (χ1v) is 17.7. The van der Waals surface area contributed by atoms with Gasteiger partial charge >= 0.3 is 17.9 Å². The molecule has 0 aromatic carbocycles. The average Bonchev–Trinajstić information content (AvgIpc) is 3.09. The summed E-state index contributed by atoms with van der Waals surface area (Å²) in [6, 6.07) is 0. The standard InChI is InChI=1S/C34H64O15/c1-3-5-8-31(4-2)34(38)49-30-28-47-26-24-45-22-20-43-18-16-41-14-12-39-11-13-40-15-17-42-19-21-44-23-25-46-27-29-48-33(37)10-7-6-9-32(35)36/h31H,3-30H2,1-2H3,(H,35,36). The molecule has 0 aromatic rings. The van der Waals surface area contributed by atoms with Crippen LogP contribution in [0.5, 0.6) is 0 Å². The van der Waals surface area contributed by atoms with Crippen LogP contribution >= 0.6 is 0 Å². The normalized spacial score (nSPS) is 11.9. The van der Waals surface area contributed by atoms with Gasteiger partial charge in [-0.1, -0.05) is 26.7 Å². The zero-order valence-electron chi connectivity index (χ0n) is 30.0. The summed E-state index contributed by atoms with van der Waals surface area (Å²) in [5.74, 6) is -1.35. The van der Waals surface area contributed by atoms with Gasteiger partial charge in [0.15, 0.2) is 0 Å². The second-order valence-corrected chi connectivity index (χ2v) is 10.7. The highest BCUT2D eigenvalue weighted by molar-refractivity contribution is 5.72. The zero-order valence-corrected chi connectivity index (χ0v) is 30.0. The van der Waals surface area contributed by atoms with Crippen molar-refractivity contribution in [2.45, 2.75) is 65.2 Å². The number of carbonyl (C=O) groups excluding carboxylic acids is 2. The fourth-order valence-electron chi connectivity index (χ4n) is 3.95. The van der Waals surface area contributed by atoms with E-state index in [1.165, 1.54) is 0 Å². The number of aliphatic carboxylic acids is 1. The number of hydrogen-bond acceptors (Lipinski definition) is 14. The molecule has 15 heteroatoms. The first-order chi connectivity index (χ1) is 24.0. The minimum absolute atomic E-state index is 0.0118. The van der Waals surface area contributed by atoms with E-state index in [0.29, 0.717) is 125 Å². The predicted molar refractivity (Wildman–Crippen MR) is 179 cm³/mol. The third kappa shape index (κ3) is 37.1. The molecule has 49 heavy (non-hydrogen) atoms. The number of unbranched alkanes of at least 4 members (excludes halogenated alkanes) is 2. The van der Waals surface area contributed by atoms with Crippen molar-refractivity contribution in [3.05, 3.63) is 0 Å². The van der Waals surface area contributed by atoms with Crippen molar-refractivity contribution in [3.63, 3.8) is 0 Å². The topological polar surface area (TPSA) is 173 Å². The van der Waals surface area contributed by atoms with Crippen LogP contribution in [-0.4, -0.2) is 155 Å². The van der Waals surface area contributed by atoms with Crippen LogP contribution in [-0.2, 0) is 66.5 Å². The Labute approximate surface area is 292 Å². The molecule has 0 heterocycles. The van der Waals surface area contributed by atoms with Gasteiger partial charge in [0.05, 0.1) is 125 Å². The van der Waals surface area contributed by atoms with Gasteiger partial charge in [0, 0.05) is 12.8 Å². The second kappa shape index (κ2) is 38.8. The van der Waals surface area contributed by atoms with Crippen LogP contribution in [0.2, 0.25) is 0 Å². The predicted octanol–water partition coefficient (Wildman–Crippen LogP) is 3.08. The van der Waals surface area contributed by atoms with E-state index < -0.39 is 5.97 Å².